The topological polar surface area (TPSA) is 91.8 Å². The van der Waals surface area contributed by atoms with Gasteiger partial charge in [0, 0.05) is 13.1 Å². The maximum Gasteiger partial charge on any atom is 0.311 e. The normalized spacial score (nSPS) is 29.8. The number of carbonyl (C=O) groups is 2. The monoisotopic (exact) mass is 303 g/mol. The number of fused-ring (bicyclic) bond motifs is 1. The second-order valence-corrected chi connectivity index (χ2v) is 8.74. The van der Waals surface area contributed by atoms with Crippen LogP contribution in [0.2, 0.25) is 0 Å². The molecular formula is C13H21NO5S. The highest BCUT2D eigenvalue weighted by Crippen LogP contribution is 2.48. The van der Waals surface area contributed by atoms with Gasteiger partial charge < -0.3 is 10.0 Å². The lowest BCUT2D eigenvalue weighted by molar-refractivity contribution is -0.149. The molecule has 114 valence electrons. The van der Waals surface area contributed by atoms with Crippen LogP contribution in [0.5, 0.6) is 0 Å². The van der Waals surface area contributed by atoms with Gasteiger partial charge in [-0.2, -0.15) is 0 Å². The van der Waals surface area contributed by atoms with Crippen LogP contribution in [-0.2, 0) is 19.4 Å². The maximum atomic E-state index is 12.1. The van der Waals surface area contributed by atoms with Crippen LogP contribution < -0.4 is 0 Å². The number of carbonyl (C=O) groups excluding carboxylic acids is 1. The second kappa shape index (κ2) is 5.02. The minimum absolute atomic E-state index is 0.0364. The SMILES string of the molecule is CC(C)S(=O)(=O)CC(=O)N1C[C@@H]2CCC[C@@]2(C(=O)O)C1. The minimum Gasteiger partial charge on any atom is -0.481 e. The highest BCUT2D eigenvalue weighted by Gasteiger charge is 2.55. The van der Waals surface area contributed by atoms with Crippen molar-refractivity contribution in [3.8, 4) is 0 Å². The van der Waals surface area contributed by atoms with E-state index in [-0.39, 0.29) is 12.5 Å². The average Bonchev–Trinajstić information content (AvgIpc) is 2.84. The number of aliphatic carboxylic acids is 1. The van der Waals surface area contributed by atoms with E-state index >= 15 is 0 Å². The number of hydrogen-bond acceptors (Lipinski definition) is 4. The van der Waals surface area contributed by atoms with Crippen LogP contribution in [0.1, 0.15) is 33.1 Å². The smallest absolute Gasteiger partial charge is 0.311 e. The molecule has 2 aliphatic rings. The van der Waals surface area contributed by atoms with Crippen LogP contribution in [0.3, 0.4) is 0 Å². The molecule has 0 aromatic rings. The third-order valence-electron chi connectivity index (χ3n) is 4.69. The Hall–Kier alpha value is -1.11. The van der Waals surface area contributed by atoms with Gasteiger partial charge in [-0.05, 0) is 32.6 Å². The van der Waals surface area contributed by atoms with Gasteiger partial charge in [0.15, 0.2) is 9.84 Å². The first-order chi connectivity index (χ1) is 9.19. The molecule has 1 saturated carbocycles. The van der Waals surface area contributed by atoms with Gasteiger partial charge >= 0.3 is 5.97 Å². The van der Waals surface area contributed by atoms with E-state index in [1.54, 1.807) is 13.8 Å². The van der Waals surface area contributed by atoms with E-state index in [1.165, 1.54) is 4.90 Å². The van der Waals surface area contributed by atoms with Gasteiger partial charge in [0.1, 0.15) is 5.75 Å². The van der Waals surface area contributed by atoms with Crippen LogP contribution in [-0.4, -0.2) is 54.4 Å². The highest BCUT2D eigenvalue weighted by molar-refractivity contribution is 7.92. The lowest BCUT2D eigenvalue weighted by Crippen LogP contribution is -2.39. The van der Waals surface area contributed by atoms with E-state index in [0.717, 1.165) is 12.8 Å². The van der Waals surface area contributed by atoms with Gasteiger partial charge in [0.25, 0.3) is 0 Å². The average molecular weight is 303 g/mol. The Morgan fingerprint density at radius 2 is 2.05 bits per heavy atom. The Bertz CT molecular complexity index is 527. The summed E-state index contributed by atoms with van der Waals surface area (Å²) in [7, 11) is -3.44. The molecule has 0 aromatic heterocycles. The second-order valence-electron chi connectivity index (χ2n) is 6.18. The zero-order valence-corrected chi connectivity index (χ0v) is 12.6. The molecule has 6 nitrogen and oxygen atoms in total. The van der Waals surface area contributed by atoms with Crippen LogP contribution in [0.4, 0.5) is 0 Å². The van der Waals surface area contributed by atoms with Crippen molar-refractivity contribution in [1.29, 1.82) is 0 Å². The molecule has 0 unspecified atom stereocenters. The van der Waals surface area contributed by atoms with Crippen molar-refractivity contribution in [3.63, 3.8) is 0 Å². The molecule has 1 heterocycles. The van der Waals surface area contributed by atoms with Crippen molar-refractivity contribution in [3.05, 3.63) is 0 Å². The number of carboxylic acid groups (broad SMARTS) is 1. The Labute approximate surface area is 119 Å². The molecule has 0 spiro atoms. The summed E-state index contributed by atoms with van der Waals surface area (Å²) in [4.78, 5) is 25.1. The molecule has 1 aliphatic carbocycles. The zero-order valence-electron chi connectivity index (χ0n) is 11.8. The molecule has 1 aliphatic heterocycles. The molecule has 20 heavy (non-hydrogen) atoms. The Kier molecular flexibility index (Phi) is 3.83. The van der Waals surface area contributed by atoms with Crippen molar-refractivity contribution < 1.29 is 23.1 Å². The Balaban J connectivity index is 2.10. The van der Waals surface area contributed by atoms with Gasteiger partial charge in [0.2, 0.25) is 5.91 Å². The molecule has 7 heteroatoms. The lowest BCUT2D eigenvalue weighted by Gasteiger charge is -2.23. The molecule has 1 N–H and O–H groups in total. The van der Waals surface area contributed by atoms with Crippen LogP contribution >= 0.6 is 0 Å². The third kappa shape index (κ3) is 2.43. The first-order valence-corrected chi connectivity index (χ1v) is 8.63. The Morgan fingerprint density at radius 3 is 2.55 bits per heavy atom. The van der Waals surface area contributed by atoms with Crippen LogP contribution in [0, 0.1) is 11.3 Å². The summed E-state index contributed by atoms with van der Waals surface area (Å²) in [6, 6.07) is 0. The summed E-state index contributed by atoms with van der Waals surface area (Å²) in [5.41, 5.74) is -0.850. The van der Waals surface area contributed by atoms with Crippen molar-refractivity contribution in [1.82, 2.24) is 4.90 Å². The number of rotatable bonds is 4. The van der Waals surface area contributed by atoms with Crippen LogP contribution in [0.25, 0.3) is 0 Å². The summed E-state index contributed by atoms with van der Waals surface area (Å²) in [5, 5.41) is 8.84. The van der Waals surface area contributed by atoms with Crippen LogP contribution in [0.15, 0.2) is 0 Å². The van der Waals surface area contributed by atoms with Gasteiger partial charge in [0.05, 0.1) is 10.7 Å². The number of amides is 1. The number of sulfone groups is 1. The van der Waals surface area contributed by atoms with E-state index in [0.29, 0.717) is 13.0 Å². The molecule has 2 rings (SSSR count). The molecule has 2 fully saturated rings. The van der Waals surface area contributed by atoms with Gasteiger partial charge in [-0.1, -0.05) is 6.42 Å². The van der Waals surface area contributed by atoms with E-state index < -0.39 is 38.1 Å². The van der Waals surface area contributed by atoms with Crippen molar-refractivity contribution in [2.45, 2.75) is 38.4 Å². The number of nitrogens with zero attached hydrogens (tertiary/aromatic N) is 1. The zero-order chi connectivity index (χ0) is 15.1. The molecule has 2 atom stereocenters. The molecule has 1 amide bonds. The van der Waals surface area contributed by atoms with E-state index in [9.17, 15) is 23.1 Å². The fourth-order valence-electron chi connectivity index (χ4n) is 3.26. The summed E-state index contributed by atoms with van der Waals surface area (Å²) < 4.78 is 23.6. The number of carboxylic acids is 1. The molecule has 0 aromatic carbocycles. The highest BCUT2D eigenvalue weighted by atomic mass is 32.2. The first-order valence-electron chi connectivity index (χ1n) is 6.92. The van der Waals surface area contributed by atoms with Crippen molar-refractivity contribution in [2.24, 2.45) is 11.3 Å². The quantitative estimate of drug-likeness (QED) is 0.817. The standard InChI is InChI=1S/C13H21NO5S/c1-9(2)20(18,19)7-11(15)14-6-10-4-3-5-13(10,8-14)12(16)17/h9-10H,3-8H2,1-2H3,(H,16,17)/t10-,13+/m0/s1. The van der Waals surface area contributed by atoms with Crippen molar-refractivity contribution >= 4 is 21.7 Å². The fourth-order valence-corrected chi connectivity index (χ4v) is 4.12. The van der Waals surface area contributed by atoms with Gasteiger partial charge in [-0.25, -0.2) is 8.42 Å². The van der Waals surface area contributed by atoms with Gasteiger partial charge in [-0.15, -0.1) is 0 Å². The summed E-state index contributed by atoms with van der Waals surface area (Å²) in [6.45, 7) is 3.61. The molecule has 0 bridgehead atoms. The largest absolute Gasteiger partial charge is 0.481 e. The summed E-state index contributed by atoms with van der Waals surface area (Å²) in [5.74, 6) is -1.88. The van der Waals surface area contributed by atoms with Gasteiger partial charge in [-0.3, -0.25) is 9.59 Å². The first kappa shape index (κ1) is 15.3. The van der Waals surface area contributed by atoms with E-state index in [4.69, 9.17) is 0 Å². The summed E-state index contributed by atoms with van der Waals surface area (Å²) >= 11 is 0. The third-order valence-corrected chi connectivity index (χ3v) is 6.78. The van der Waals surface area contributed by atoms with E-state index in [1.807, 2.05) is 0 Å². The minimum atomic E-state index is -3.44. The summed E-state index contributed by atoms with van der Waals surface area (Å²) in [6.07, 6.45) is 2.24. The maximum absolute atomic E-state index is 12.1. The lowest BCUT2D eigenvalue weighted by atomic mass is 9.81. The molecule has 0 radical (unpaired) electrons. The number of likely N-dealkylation sites (tertiary alicyclic amines) is 1. The van der Waals surface area contributed by atoms with E-state index in [2.05, 4.69) is 0 Å². The molecule has 1 saturated heterocycles. The predicted octanol–water partition coefficient (Wildman–Crippen LogP) is 0.523. The number of hydrogen-bond donors (Lipinski definition) is 1. The predicted molar refractivity (Wildman–Crippen MR) is 72.9 cm³/mol. The Morgan fingerprint density at radius 1 is 1.40 bits per heavy atom. The molecular weight excluding hydrogens is 282 g/mol. The van der Waals surface area contributed by atoms with Crippen molar-refractivity contribution in [2.75, 3.05) is 18.8 Å². The fraction of sp³-hybridized carbons (Fsp3) is 0.846.